The molecule has 0 bridgehead atoms. The fourth-order valence-corrected chi connectivity index (χ4v) is 4.51. The summed E-state index contributed by atoms with van der Waals surface area (Å²) in [7, 11) is 1.55. The van der Waals surface area contributed by atoms with Crippen LogP contribution in [0.5, 0.6) is 0 Å². The third-order valence-corrected chi connectivity index (χ3v) is 5.86. The number of fused-ring (bicyclic) bond motifs is 1. The van der Waals surface area contributed by atoms with Crippen molar-refractivity contribution in [3.63, 3.8) is 0 Å². The van der Waals surface area contributed by atoms with Crippen LogP contribution in [0.2, 0.25) is 5.02 Å². The Hall–Kier alpha value is -2.29. The predicted octanol–water partition coefficient (Wildman–Crippen LogP) is 4.02. The van der Waals surface area contributed by atoms with Crippen LogP contribution in [-0.2, 0) is 19.1 Å². The smallest absolute Gasteiger partial charge is 0.338 e. The molecule has 0 radical (unpaired) electrons. The Bertz CT molecular complexity index is 941. The molecule has 2 aliphatic rings. The Labute approximate surface area is 191 Å². The van der Waals surface area contributed by atoms with E-state index in [1.165, 1.54) is 11.8 Å². The molecule has 1 N–H and O–H groups in total. The number of esters is 1. The molecule has 3 rings (SSSR count). The van der Waals surface area contributed by atoms with E-state index in [2.05, 4.69) is 10.3 Å². The van der Waals surface area contributed by atoms with Crippen LogP contribution < -0.4 is 5.32 Å². The molecule has 2 aliphatic heterocycles. The van der Waals surface area contributed by atoms with Gasteiger partial charge in [-0.3, -0.25) is 4.79 Å². The summed E-state index contributed by atoms with van der Waals surface area (Å²) < 4.78 is 10.4. The van der Waals surface area contributed by atoms with Gasteiger partial charge in [0.05, 0.1) is 30.3 Å². The van der Waals surface area contributed by atoms with Crippen molar-refractivity contribution >= 4 is 40.4 Å². The van der Waals surface area contributed by atoms with Gasteiger partial charge in [-0.25, -0.2) is 9.79 Å². The molecule has 166 valence electrons. The van der Waals surface area contributed by atoms with Gasteiger partial charge in [0.1, 0.15) is 6.61 Å². The Kier molecular flexibility index (Phi) is 7.80. The van der Waals surface area contributed by atoms with E-state index in [1.807, 2.05) is 36.3 Å². The number of methoxy groups -OCH3 is 1. The summed E-state index contributed by atoms with van der Waals surface area (Å²) in [5.41, 5.74) is 2.64. The number of hydrogen-bond acceptors (Lipinski definition) is 7. The highest BCUT2D eigenvalue weighted by atomic mass is 35.5. The van der Waals surface area contributed by atoms with E-state index in [0.29, 0.717) is 22.9 Å². The van der Waals surface area contributed by atoms with Crippen LogP contribution in [0.4, 0.5) is 0 Å². The summed E-state index contributed by atoms with van der Waals surface area (Å²) in [6, 6.07) is 6.87. The highest BCUT2D eigenvalue weighted by Gasteiger charge is 2.41. The molecule has 0 unspecified atom stereocenters. The highest BCUT2D eigenvalue weighted by molar-refractivity contribution is 8.16. The molecular weight excluding hydrogens is 438 g/mol. The quantitative estimate of drug-likeness (QED) is 0.463. The van der Waals surface area contributed by atoms with Crippen molar-refractivity contribution in [2.45, 2.75) is 39.3 Å². The lowest BCUT2D eigenvalue weighted by Crippen LogP contribution is -2.38. The maximum absolute atomic E-state index is 13.0. The van der Waals surface area contributed by atoms with Crippen LogP contribution in [0.25, 0.3) is 0 Å². The second-order valence-corrected chi connectivity index (χ2v) is 8.75. The van der Waals surface area contributed by atoms with Crippen LogP contribution in [0.15, 0.2) is 51.6 Å². The average Bonchev–Trinajstić information content (AvgIpc) is 3.09. The highest BCUT2D eigenvalue weighted by Crippen LogP contribution is 2.44. The van der Waals surface area contributed by atoms with Gasteiger partial charge < -0.3 is 19.7 Å². The van der Waals surface area contributed by atoms with E-state index in [-0.39, 0.29) is 25.0 Å². The second-order valence-electron chi connectivity index (χ2n) is 7.47. The third-order valence-electron chi connectivity index (χ3n) is 4.72. The molecule has 1 aromatic carbocycles. The zero-order valence-corrected chi connectivity index (χ0v) is 19.5. The van der Waals surface area contributed by atoms with E-state index >= 15 is 0 Å². The first-order chi connectivity index (χ1) is 14.8. The van der Waals surface area contributed by atoms with Gasteiger partial charge >= 0.3 is 5.97 Å². The van der Waals surface area contributed by atoms with Crippen molar-refractivity contribution in [2.24, 2.45) is 4.99 Å². The number of hydrogen-bond donors (Lipinski definition) is 1. The Morgan fingerprint density at radius 1 is 1.26 bits per heavy atom. The number of amides is 1. The van der Waals surface area contributed by atoms with Gasteiger partial charge in [-0.1, -0.05) is 35.5 Å². The summed E-state index contributed by atoms with van der Waals surface area (Å²) in [4.78, 5) is 32.1. The first kappa shape index (κ1) is 23.4. The SMILES string of the molecule is COCCOC(=O)C1=C(C)N=C2SC=C(CC(=O)NC(C)C)N2[C@H]1c1ccc(Cl)cc1. The summed E-state index contributed by atoms with van der Waals surface area (Å²) in [6.07, 6.45) is 0.180. The van der Waals surface area contributed by atoms with Crippen molar-refractivity contribution in [1.82, 2.24) is 10.2 Å². The van der Waals surface area contributed by atoms with E-state index in [4.69, 9.17) is 21.1 Å². The molecule has 0 aliphatic carbocycles. The zero-order chi connectivity index (χ0) is 22.5. The number of benzene rings is 1. The summed E-state index contributed by atoms with van der Waals surface area (Å²) in [6.45, 7) is 6.08. The molecule has 1 aromatic rings. The first-order valence-corrected chi connectivity index (χ1v) is 11.2. The molecule has 7 nitrogen and oxygen atoms in total. The number of nitrogens with one attached hydrogen (secondary N) is 1. The molecule has 0 saturated heterocycles. The number of aliphatic imine (C=N–C) groups is 1. The van der Waals surface area contributed by atoms with Crippen LogP contribution in [-0.4, -0.2) is 48.3 Å². The average molecular weight is 464 g/mol. The van der Waals surface area contributed by atoms with E-state index in [9.17, 15) is 9.59 Å². The lowest BCUT2D eigenvalue weighted by atomic mass is 9.94. The molecule has 0 spiro atoms. The zero-order valence-electron chi connectivity index (χ0n) is 18.0. The summed E-state index contributed by atoms with van der Waals surface area (Å²) >= 11 is 7.53. The van der Waals surface area contributed by atoms with Gasteiger partial charge in [0.15, 0.2) is 5.17 Å². The minimum atomic E-state index is -0.479. The number of allylic oxidation sites excluding steroid dienone is 1. The van der Waals surface area contributed by atoms with Crippen LogP contribution in [0.3, 0.4) is 0 Å². The maximum atomic E-state index is 13.0. The van der Waals surface area contributed by atoms with Crippen LogP contribution >= 0.6 is 23.4 Å². The normalized spacial score (nSPS) is 18.0. The molecule has 9 heteroatoms. The van der Waals surface area contributed by atoms with Gasteiger partial charge in [0, 0.05) is 23.9 Å². The summed E-state index contributed by atoms with van der Waals surface area (Å²) in [5, 5.41) is 6.14. The van der Waals surface area contributed by atoms with Gasteiger partial charge in [-0.15, -0.1) is 0 Å². The third kappa shape index (κ3) is 5.50. The molecule has 0 aromatic heterocycles. The minimum Gasteiger partial charge on any atom is -0.460 e. The Balaban J connectivity index is 1.98. The van der Waals surface area contributed by atoms with Crippen molar-refractivity contribution in [1.29, 1.82) is 0 Å². The Morgan fingerprint density at radius 3 is 2.61 bits per heavy atom. The standard InChI is InChI=1S/C22H26ClN3O4S/c1-13(2)24-18(27)11-17-12-31-22-25-14(3)19(21(28)30-10-9-29-4)20(26(17)22)15-5-7-16(23)8-6-15/h5-8,12-13,20H,9-11H2,1-4H3,(H,24,27)/t20-/m0/s1. The van der Waals surface area contributed by atoms with Gasteiger partial charge in [-0.2, -0.15) is 0 Å². The van der Waals surface area contributed by atoms with Crippen molar-refractivity contribution < 1.29 is 19.1 Å². The number of thioether (sulfide) groups is 1. The number of ether oxygens (including phenoxy) is 2. The van der Waals surface area contributed by atoms with E-state index < -0.39 is 12.0 Å². The summed E-state index contributed by atoms with van der Waals surface area (Å²) in [5.74, 6) is -0.548. The molecule has 0 fully saturated rings. The largest absolute Gasteiger partial charge is 0.460 e. The van der Waals surface area contributed by atoms with Crippen molar-refractivity contribution in [3.05, 3.63) is 57.2 Å². The number of rotatable bonds is 8. The number of amidine groups is 1. The lowest BCUT2D eigenvalue weighted by Gasteiger charge is -2.36. The van der Waals surface area contributed by atoms with Crippen LogP contribution in [0.1, 0.15) is 38.8 Å². The lowest BCUT2D eigenvalue weighted by molar-refractivity contribution is -0.141. The number of carbonyl (C=O) groups excluding carboxylic acids is 2. The molecule has 2 heterocycles. The van der Waals surface area contributed by atoms with E-state index in [0.717, 1.165) is 16.4 Å². The molecule has 1 atom stereocenters. The number of carbonyl (C=O) groups is 2. The topological polar surface area (TPSA) is 80.2 Å². The number of nitrogens with zero attached hydrogens (tertiary/aromatic N) is 2. The van der Waals surface area contributed by atoms with Crippen LogP contribution in [0, 0.1) is 0 Å². The van der Waals surface area contributed by atoms with Gasteiger partial charge in [0.2, 0.25) is 5.91 Å². The molecular formula is C22H26ClN3O4S. The minimum absolute atomic E-state index is 0.0391. The fraction of sp³-hybridized carbons (Fsp3) is 0.409. The first-order valence-electron chi connectivity index (χ1n) is 9.97. The number of halogens is 1. The Morgan fingerprint density at radius 2 is 1.97 bits per heavy atom. The van der Waals surface area contributed by atoms with E-state index in [1.54, 1.807) is 26.2 Å². The molecule has 31 heavy (non-hydrogen) atoms. The fourth-order valence-electron chi connectivity index (χ4n) is 3.42. The molecule has 1 amide bonds. The predicted molar refractivity (Wildman–Crippen MR) is 123 cm³/mol. The maximum Gasteiger partial charge on any atom is 0.338 e. The molecule has 0 saturated carbocycles. The van der Waals surface area contributed by atoms with Crippen molar-refractivity contribution in [2.75, 3.05) is 20.3 Å². The van der Waals surface area contributed by atoms with Crippen molar-refractivity contribution in [3.8, 4) is 0 Å². The monoisotopic (exact) mass is 463 g/mol. The second kappa shape index (κ2) is 10.3. The van der Waals surface area contributed by atoms with Gasteiger partial charge in [-0.05, 0) is 43.9 Å². The van der Waals surface area contributed by atoms with Gasteiger partial charge in [0.25, 0.3) is 0 Å².